The topological polar surface area (TPSA) is 104 Å². The van der Waals surface area contributed by atoms with Gasteiger partial charge in [-0.05, 0) is 38.7 Å². The SMILES string of the molecule is CCn1c(C)cc2c(c1=O)C1(C(=O)N(CC3CC3)c3ccccc31)C(C(=O)OC)=C(N)O2. The molecule has 1 unspecified atom stereocenters. The Hall–Kier alpha value is -3.55. The number of amides is 1. The molecule has 1 aliphatic carbocycles. The molecular weight excluding hydrogens is 410 g/mol. The van der Waals surface area contributed by atoms with Crippen LogP contribution in [0.3, 0.4) is 0 Å². The normalized spacial score (nSPS) is 21.5. The maximum atomic E-state index is 14.3. The molecule has 1 saturated carbocycles. The van der Waals surface area contributed by atoms with Crippen molar-refractivity contribution in [1.29, 1.82) is 0 Å². The van der Waals surface area contributed by atoms with E-state index in [2.05, 4.69) is 0 Å². The number of rotatable bonds is 4. The summed E-state index contributed by atoms with van der Waals surface area (Å²) in [5.41, 5.74) is 6.00. The zero-order chi connectivity index (χ0) is 22.8. The van der Waals surface area contributed by atoms with Crippen LogP contribution in [0.2, 0.25) is 0 Å². The van der Waals surface area contributed by atoms with Crippen molar-refractivity contribution in [2.75, 3.05) is 18.6 Å². The first-order chi connectivity index (χ1) is 15.4. The Kier molecular flexibility index (Phi) is 4.44. The highest BCUT2D eigenvalue weighted by Gasteiger charge is 2.62. The third-order valence-electron chi connectivity index (χ3n) is 6.70. The molecule has 1 spiro atoms. The van der Waals surface area contributed by atoms with Crippen molar-refractivity contribution < 1.29 is 19.1 Å². The van der Waals surface area contributed by atoms with Gasteiger partial charge in [-0.1, -0.05) is 18.2 Å². The number of benzene rings is 1. The molecule has 2 N–H and O–H groups in total. The Morgan fingerprint density at radius 2 is 2.00 bits per heavy atom. The number of hydrogen-bond acceptors (Lipinski definition) is 6. The molecular formula is C24H25N3O5. The molecule has 0 saturated heterocycles. The number of anilines is 1. The molecule has 3 heterocycles. The van der Waals surface area contributed by atoms with Gasteiger partial charge in [0.05, 0.1) is 12.7 Å². The van der Waals surface area contributed by atoms with Crippen LogP contribution in [-0.2, 0) is 26.3 Å². The van der Waals surface area contributed by atoms with Gasteiger partial charge in [-0.3, -0.25) is 9.59 Å². The zero-order valence-corrected chi connectivity index (χ0v) is 18.3. The summed E-state index contributed by atoms with van der Waals surface area (Å²) in [6.07, 6.45) is 2.09. The van der Waals surface area contributed by atoms with Crippen LogP contribution < -0.4 is 20.9 Å². The molecule has 1 aromatic carbocycles. The fourth-order valence-electron chi connectivity index (χ4n) is 5.07. The van der Waals surface area contributed by atoms with Crippen LogP contribution in [-0.4, -0.2) is 30.1 Å². The Morgan fingerprint density at radius 3 is 2.66 bits per heavy atom. The monoisotopic (exact) mass is 435 g/mol. The van der Waals surface area contributed by atoms with Crippen molar-refractivity contribution in [3.05, 3.63) is 69.0 Å². The maximum Gasteiger partial charge on any atom is 0.340 e. The number of carbonyl (C=O) groups is 2. The average Bonchev–Trinajstić information content (AvgIpc) is 3.56. The third-order valence-corrected chi connectivity index (χ3v) is 6.70. The van der Waals surface area contributed by atoms with Gasteiger partial charge in [-0.2, -0.15) is 0 Å². The van der Waals surface area contributed by atoms with Gasteiger partial charge in [0.2, 0.25) is 11.8 Å². The minimum Gasteiger partial charge on any atom is -0.465 e. The summed E-state index contributed by atoms with van der Waals surface area (Å²) in [6.45, 7) is 4.57. The molecule has 1 amide bonds. The van der Waals surface area contributed by atoms with E-state index in [0.29, 0.717) is 36.0 Å². The first-order valence-electron chi connectivity index (χ1n) is 10.8. The average molecular weight is 435 g/mol. The minimum absolute atomic E-state index is 0.107. The number of aromatic nitrogens is 1. The molecule has 8 nitrogen and oxygen atoms in total. The van der Waals surface area contributed by atoms with Crippen LogP contribution in [0, 0.1) is 12.8 Å². The predicted molar refractivity (Wildman–Crippen MR) is 117 cm³/mol. The summed E-state index contributed by atoms with van der Waals surface area (Å²) in [4.78, 5) is 42.8. The Labute approximate surface area is 185 Å². The molecule has 2 aromatic rings. The van der Waals surface area contributed by atoms with Crippen LogP contribution in [0.25, 0.3) is 0 Å². The number of pyridine rings is 1. The Bertz CT molecular complexity index is 1260. The molecule has 1 atom stereocenters. The summed E-state index contributed by atoms with van der Waals surface area (Å²) in [6, 6.07) is 8.96. The smallest absolute Gasteiger partial charge is 0.340 e. The molecule has 0 bridgehead atoms. The van der Waals surface area contributed by atoms with Crippen LogP contribution in [0.1, 0.15) is 36.6 Å². The van der Waals surface area contributed by atoms with Crippen molar-refractivity contribution in [1.82, 2.24) is 4.57 Å². The van der Waals surface area contributed by atoms with Gasteiger partial charge >= 0.3 is 5.97 Å². The number of fused-ring (bicyclic) bond motifs is 4. The number of nitrogens with zero attached hydrogens (tertiary/aromatic N) is 2. The molecule has 0 radical (unpaired) electrons. The van der Waals surface area contributed by atoms with Gasteiger partial charge < -0.3 is 24.7 Å². The summed E-state index contributed by atoms with van der Waals surface area (Å²) in [7, 11) is 1.22. The first-order valence-corrected chi connectivity index (χ1v) is 10.8. The molecule has 2 aliphatic heterocycles. The molecule has 1 fully saturated rings. The Balaban J connectivity index is 1.91. The number of ether oxygens (including phenoxy) is 2. The second-order valence-electron chi connectivity index (χ2n) is 8.53. The second kappa shape index (κ2) is 6.98. The van der Waals surface area contributed by atoms with Gasteiger partial charge in [-0.15, -0.1) is 0 Å². The van der Waals surface area contributed by atoms with E-state index in [4.69, 9.17) is 15.2 Å². The minimum atomic E-state index is -1.72. The summed E-state index contributed by atoms with van der Waals surface area (Å²) >= 11 is 0. The van der Waals surface area contributed by atoms with E-state index in [1.807, 2.05) is 19.1 Å². The first kappa shape index (κ1) is 20.4. The van der Waals surface area contributed by atoms with Crippen LogP contribution in [0.15, 0.2) is 46.6 Å². The summed E-state index contributed by atoms with van der Waals surface area (Å²) in [5, 5.41) is 0. The van der Waals surface area contributed by atoms with Crippen LogP contribution >= 0.6 is 0 Å². The van der Waals surface area contributed by atoms with Gasteiger partial charge in [0.15, 0.2) is 0 Å². The largest absolute Gasteiger partial charge is 0.465 e. The zero-order valence-electron chi connectivity index (χ0n) is 18.3. The van der Waals surface area contributed by atoms with Crippen molar-refractivity contribution in [3.63, 3.8) is 0 Å². The number of nitrogens with two attached hydrogens (primary N) is 1. The van der Waals surface area contributed by atoms with Gasteiger partial charge in [-0.25, -0.2) is 4.79 Å². The molecule has 32 heavy (non-hydrogen) atoms. The number of para-hydroxylation sites is 1. The number of carbonyl (C=O) groups excluding carboxylic acids is 2. The molecule has 166 valence electrons. The summed E-state index contributed by atoms with van der Waals surface area (Å²) < 4.78 is 12.4. The molecule has 1 aromatic heterocycles. The van der Waals surface area contributed by atoms with E-state index in [0.717, 1.165) is 12.8 Å². The lowest BCUT2D eigenvalue weighted by atomic mass is 9.68. The number of esters is 1. The van der Waals surface area contributed by atoms with E-state index in [-0.39, 0.29) is 34.2 Å². The lowest BCUT2D eigenvalue weighted by molar-refractivity contribution is -0.138. The number of aryl methyl sites for hydroxylation is 1. The highest BCUT2D eigenvalue weighted by Crippen LogP contribution is 2.55. The lowest BCUT2D eigenvalue weighted by Gasteiger charge is -2.36. The van der Waals surface area contributed by atoms with E-state index in [1.54, 1.807) is 34.6 Å². The standard InChI is InChI=1S/C24H25N3O5/c1-4-26-13(2)11-17-18(21(26)28)24(19(20(25)32-17)22(29)31-3)15-7-5-6-8-16(15)27(23(24)30)12-14-9-10-14/h5-8,11,14H,4,9-10,12,25H2,1-3H3. The van der Waals surface area contributed by atoms with Crippen molar-refractivity contribution in [3.8, 4) is 5.75 Å². The second-order valence-corrected chi connectivity index (χ2v) is 8.53. The van der Waals surface area contributed by atoms with Crippen LogP contribution in [0.4, 0.5) is 5.69 Å². The van der Waals surface area contributed by atoms with Crippen molar-refractivity contribution >= 4 is 17.6 Å². The molecule has 3 aliphatic rings. The fraction of sp³-hybridized carbons (Fsp3) is 0.375. The van der Waals surface area contributed by atoms with Gasteiger partial charge in [0.25, 0.3) is 5.56 Å². The summed E-state index contributed by atoms with van der Waals surface area (Å²) in [5.74, 6) is -0.808. The maximum absolute atomic E-state index is 14.3. The van der Waals surface area contributed by atoms with E-state index >= 15 is 0 Å². The third kappa shape index (κ3) is 2.52. The number of methoxy groups -OCH3 is 1. The van der Waals surface area contributed by atoms with Crippen molar-refractivity contribution in [2.24, 2.45) is 11.7 Å². The Morgan fingerprint density at radius 1 is 1.28 bits per heavy atom. The van der Waals surface area contributed by atoms with E-state index < -0.39 is 11.4 Å². The van der Waals surface area contributed by atoms with Crippen LogP contribution in [0.5, 0.6) is 5.75 Å². The van der Waals surface area contributed by atoms with Crippen molar-refractivity contribution in [2.45, 2.75) is 38.6 Å². The van der Waals surface area contributed by atoms with E-state index in [1.165, 1.54) is 7.11 Å². The van der Waals surface area contributed by atoms with Gasteiger partial charge in [0, 0.05) is 36.1 Å². The fourth-order valence-corrected chi connectivity index (χ4v) is 5.07. The highest BCUT2D eigenvalue weighted by molar-refractivity contribution is 6.18. The highest BCUT2D eigenvalue weighted by atomic mass is 16.5. The van der Waals surface area contributed by atoms with Gasteiger partial charge in [0.1, 0.15) is 16.7 Å². The van der Waals surface area contributed by atoms with E-state index in [9.17, 15) is 14.4 Å². The molecule has 8 heteroatoms. The molecule has 5 rings (SSSR count). The number of hydrogen-bond donors (Lipinski definition) is 1. The predicted octanol–water partition coefficient (Wildman–Crippen LogP) is 1.96. The quantitative estimate of drug-likeness (QED) is 0.737. The lowest BCUT2D eigenvalue weighted by Crippen LogP contribution is -2.52.